The molecule has 0 aliphatic heterocycles. The Balaban J connectivity index is 2.15. The van der Waals surface area contributed by atoms with Gasteiger partial charge in [0.05, 0.1) is 0 Å². The van der Waals surface area contributed by atoms with Crippen LogP contribution in [0.3, 0.4) is 0 Å². The van der Waals surface area contributed by atoms with E-state index in [1.807, 2.05) is 12.1 Å². The summed E-state index contributed by atoms with van der Waals surface area (Å²) in [6.45, 7) is 6.28. The summed E-state index contributed by atoms with van der Waals surface area (Å²) < 4.78 is 0.977. The molecule has 1 atom stereocenters. The fraction of sp³-hybridized carbons (Fsp3) is 0.316. The largest absolute Gasteiger partial charge is 0.294 e. The maximum absolute atomic E-state index is 12.3. The second-order valence-corrected chi connectivity index (χ2v) is 6.79. The molecule has 21 heavy (non-hydrogen) atoms. The van der Waals surface area contributed by atoms with Crippen molar-refractivity contribution in [1.82, 2.24) is 0 Å². The Kier molecular flexibility index (Phi) is 5.35. The second-order valence-electron chi connectivity index (χ2n) is 5.87. The summed E-state index contributed by atoms with van der Waals surface area (Å²) in [6.07, 6.45) is 9.89. The predicted octanol–water partition coefficient (Wildman–Crippen LogP) is 5.66. The summed E-state index contributed by atoms with van der Waals surface area (Å²) in [5, 5.41) is 0. The maximum atomic E-state index is 12.3. The number of ketones is 1. The molecule has 0 saturated heterocycles. The molecule has 0 N–H and O–H groups in total. The Bertz CT molecular complexity index is 631. The van der Waals surface area contributed by atoms with Crippen molar-refractivity contribution in [2.24, 2.45) is 5.92 Å². The molecule has 1 aliphatic rings. The SMILES string of the molecule is CC(C)=C/C=C\C=C(/C)C1CC(=O)c2cc(Br)ccc2C1. The molecule has 1 nitrogen and oxygen atoms in total. The molecule has 1 aromatic carbocycles. The van der Waals surface area contributed by atoms with E-state index in [1.165, 1.54) is 16.7 Å². The summed E-state index contributed by atoms with van der Waals surface area (Å²) in [4.78, 5) is 12.3. The van der Waals surface area contributed by atoms with Gasteiger partial charge in [0, 0.05) is 16.5 Å². The number of hydrogen-bond acceptors (Lipinski definition) is 1. The average Bonchev–Trinajstić information content (AvgIpc) is 2.43. The molecule has 0 fully saturated rings. The van der Waals surface area contributed by atoms with Gasteiger partial charge in [-0.2, -0.15) is 0 Å². The zero-order valence-corrected chi connectivity index (χ0v) is 14.4. The van der Waals surface area contributed by atoms with Gasteiger partial charge < -0.3 is 0 Å². The van der Waals surface area contributed by atoms with Crippen molar-refractivity contribution in [2.75, 3.05) is 0 Å². The van der Waals surface area contributed by atoms with Gasteiger partial charge in [-0.3, -0.25) is 4.79 Å². The molecule has 0 heterocycles. The monoisotopic (exact) mass is 344 g/mol. The van der Waals surface area contributed by atoms with Crippen LogP contribution in [0.2, 0.25) is 0 Å². The molecular formula is C19H21BrO. The molecule has 0 saturated carbocycles. The van der Waals surface area contributed by atoms with Gasteiger partial charge in [-0.15, -0.1) is 0 Å². The standard InChI is InChI=1S/C19H21BrO/c1-13(2)6-4-5-7-14(3)16-10-15-8-9-17(20)12-18(15)19(21)11-16/h4-9,12,16H,10-11H2,1-3H3/b5-4-,14-7+. The summed E-state index contributed by atoms with van der Waals surface area (Å²) in [5.41, 5.74) is 4.61. The van der Waals surface area contributed by atoms with Crippen LogP contribution < -0.4 is 0 Å². The highest BCUT2D eigenvalue weighted by molar-refractivity contribution is 9.10. The summed E-state index contributed by atoms with van der Waals surface area (Å²) in [7, 11) is 0. The molecule has 1 unspecified atom stereocenters. The minimum absolute atomic E-state index is 0.253. The van der Waals surface area contributed by atoms with Crippen LogP contribution in [-0.4, -0.2) is 5.78 Å². The summed E-state index contributed by atoms with van der Waals surface area (Å²) >= 11 is 3.44. The number of benzene rings is 1. The van der Waals surface area contributed by atoms with Crippen molar-refractivity contribution in [1.29, 1.82) is 0 Å². The zero-order chi connectivity index (χ0) is 15.4. The van der Waals surface area contributed by atoms with Gasteiger partial charge in [0.15, 0.2) is 5.78 Å². The summed E-state index contributed by atoms with van der Waals surface area (Å²) in [6, 6.07) is 6.03. The molecular weight excluding hydrogens is 324 g/mol. The minimum Gasteiger partial charge on any atom is -0.294 e. The van der Waals surface area contributed by atoms with E-state index in [9.17, 15) is 4.79 Å². The quantitative estimate of drug-likeness (QED) is 0.646. The first-order chi connectivity index (χ1) is 9.97. The maximum Gasteiger partial charge on any atom is 0.163 e. The Hall–Kier alpha value is -1.41. The highest BCUT2D eigenvalue weighted by atomic mass is 79.9. The predicted molar refractivity (Wildman–Crippen MR) is 92.6 cm³/mol. The Labute approximate surface area is 135 Å². The number of carbonyl (C=O) groups is 1. The van der Waals surface area contributed by atoms with E-state index in [1.54, 1.807) is 0 Å². The van der Waals surface area contributed by atoms with Crippen LogP contribution >= 0.6 is 15.9 Å². The molecule has 110 valence electrons. The van der Waals surface area contributed by atoms with E-state index in [0.717, 1.165) is 16.5 Å². The highest BCUT2D eigenvalue weighted by Gasteiger charge is 2.25. The molecule has 0 spiro atoms. The number of allylic oxidation sites excluding steroid dienone is 6. The fourth-order valence-electron chi connectivity index (χ4n) is 2.57. The highest BCUT2D eigenvalue weighted by Crippen LogP contribution is 2.31. The normalized spacial score (nSPS) is 18.8. The number of fused-ring (bicyclic) bond motifs is 1. The van der Waals surface area contributed by atoms with Crippen LogP contribution in [0.4, 0.5) is 0 Å². The van der Waals surface area contributed by atoms with Crippen LogP contribution in [-0.2, 0) is 6.42 Å². The van der Waals surface area contributed by atoms with Gasteiger partial charge in [-0.1, -0.05) is 57.4 Å². The van der Waals surface area contributed by atoms with Gasteiger partial charge >= 0.3 is 0 Å². The van der Waals surface area contributed by atoms with E-state index in [2.05, 4.69) is 67.1 Å². The molecule has 1 aliphatic carbocycles. The van der Waals surface area contributed by atoms with Crippen molar-refractivity contribution >= 4 is 21.7 Å². The number of rotatable bonds is 3. The van der Waals surface area contributed by atoms with E-state index in [0.29, 0.717) is 12.3 Å². The fourth-order valence-corrected chi connectivity index (χ4v) is 2.93. The smallest absolute Gasteiger partial charge is 0.163 e. The van der Waals surface area contributed by atoms with Crippen molar-refractivity contribution in [2.45, 2.75) is 33.6 Å². The lowest BCUT2D eigenvalue weighted by atomic mass is 9.79. The Morgan fingerprint density at radius 1 is 1.14 bits per heavy atom. The lowest BCUT2D eigenvalue weighted by Gasteiger charge is -2.24. The van der Waals surface area contributed by atoms with E-state index in [4.69, 9.17) is 0 Å². The number of halogens is 1. The van der Waals surface area contributed by atoms with Crippen molar-refractivity contribution in [3.8, 4) is 0 Å². The summed E-state index contributed by atoms with van der Waals surface area (Å²) in [5.74, 6) is 0.575. The van der Waals surface area contributed by atoms with E-state index < -0.39 is 0 Å². The first-order valence-electron chi connectivity index (χ1n) is 7.27. The Morgan fingerprint density at radius 3 is 2.57 bits per heavy atom. The zero-order valence-electron chi connectivity index (χ0n) is 12.8. The number of Topliss-reactive ketones (excluding diaryl/α,β-unsaturated/α-hetero) is 1. The van der Waals surface area contributed by atoms with E-state index in [-0.39, 0.29) is 5.78 Å². The molecule has 2 heteroatoms. The van der Waals surface area contributed by atoms with Gasteiger partial charge in [-0.25, -0.2) is 0 Å². The van der Waals surface area contributed by atoms with Crippen molar-refractivity contribution in [3.63, 3.8) is 0 Å². The van der Waals surface area contributed by atoms with Crippen molar-refractivity contribution < 1.29 is 4.79 Å². The van der Waals surface area contributed by atoms with Gasteiger partial charge in [0.2, 0.25) is 0 Å². The van der Waals surface area contributed by atoms with Crippen molar-refractivity contribution in [3.05, 3.63) is 69.2 Å². The topological polar surface area (TPSA) is 17.1 Å². The molecule has 0 radical (unpaired) electrons. The number of hydrogen-bond donors (Lipinski definition) is 0. The van der Waals surface area contributed by atoms with Crippen LogP contribution in [0.15, 0.2) is 58.1 Å². The lowest BCUT2D eigenvalue weighted by molar-refractivity contribution is 0.0956. The lowest BCUT2D eigenvalue weighted by Crippen LogP contribution is -2.20. The minimum atomic E-state index is 0.253. The third-order valence-electron chi connectivity index (χ3n) is 3.81. The van der Waals surface area contributed by atoms with Crippen LogP contribution in [0, 0.1) is 5.92 Å². The van der Waals surface area contributed by atoms with Crippen LogP contribution in [0.5, 0.6) is 0 Å². The van der Waals surface area contributed by atoms with Gasteiger partial charge in [-0.05, 0) is 50.8 Å². The molecule has 2 rings (SSSR count). The molecule has 0 aromatic heterocycles. The van der Waals surface area contributed by atoms with Gasteiger partial charge in [0.25, 0.3) is 0 Å². The third-order valence-corrected chi connectivity index (χ3v) is 4.31. The first kappa shape index (κ1) is 16.0. The second kappa shape index (κ2) is 7.04. The van der Waals surface area contributed by atoms with Gasteiger partial charge in [0.1, 0.15) is 0 Å². The van der Waals surface area contributed by atoms with Crippen LogP contribution in [0.25, 0.3) is 0 Å². The molecule has 0 amide bonds. The van der Waals surface area contributed by atoms with E-state index >= 15 is 0 Å². The molecule has 0 bridgehead atoms. The third kappa shape index (κ3) is 4.28. The first-order valence-corrected chi connectivity index (χ1v) is 8.06. The average molecular weight is 345 g/mol. The van der Waals surface area contributed by atoms with Crippen LogP contribution in [0.1, 0.15) is 43.1 Å². The Morgan fingerprint density at radius 2 is 1.86 bits per heavy atom. The number of carbonyl (C=O) groups excluding carboxylic acids is 1. The molecule has 1 aromatic rings.